The SMILES string of the molecule is CC(C)(C)OC(=O)[C@@H](CS)NC(=O)C1c2ccccc2-c2ccccc21. The van der Waals surface area contributed by atoms with E-state index in [4.69, 9.17) is 4.74 Å². The van der Waals surface area contributed by atoms with Crippen LogP contribution in [0.5, 0.6) is 0 Å². The maximum Gasteiger partial charge on any atom is 0.330 e. The molecule has 0 radical (unpaired) electrons. The third kappa shape index (κ3) is 3.63. The molecule has 26 heavy (non-hydrogen) atoms. The van der Waals surface area contributed by atoms with Crippen LogP contribution in [0.2, 0.25) is 0 Å². The summed E-state index contributed by atoms with van der Waals surface area (Å²) >= 11 is 4.22. The minimum Gasteiger partial charge on any atom is -0.458 e. The molecule has 4 nitrogen and oxygen atoms in total. The molecule has 1 aliphatic carbocycles. The van der Waals surface area contributed by atoms with E-state index in [-0.39, 0.29) is 11.7 Å². The maximum absolute atomic E-state index is 13.1. The van der Waals surface area contributed by atoms with Gasteiger partial charge in [-0.1, -0.05) is 48.5 Å². The van der Waals surface area contributed by atoms with Crippen molar-refractivity contribution in [3.8, 4) is 11.1 Å². The summed E-state index contributed by atoms with van der Waals surface area (Å²) in [6.07, 6.45) is 0. The van der Waals surface area contributed by atoms with E-state index in [9.17, 15) is 9.59 Å². The van der Waals surface area contributed by atoms with E-state index >= 15 is 0 Å². The summed E-state index contributed by atoms with van der Waals surface area (Å²) in [6.45, 7) is 5.39. The zero-order chi connectivity index (χ0) is 18.9. The van der Waals surface area contributed by atoms with Crippen LogP contribution in [0.15, 0.2) is 48.5 Å². The van der Waals surface area contributed by atoms with Crippen molar-refractivity contribution < 1.29 is 14.3 Å². The first-order chi connectivity index (χ1) is 12.3. The van der Waals surface area contributed by atoms with Crippen molar-refractivity contribution in [2.75, 3.05) is 5.75 Å². The third-order valence-corrected chi connectivity index (χ3v) is 4.65. The second kappa shape index (κ2) is 7.16. The van der Waals surface area contributed by atoms with Gasteiger partial charge >= 0.3 is 5.97 Å². The first-order valence-electron chi connectivity index (χ1n) is 8.64. The van der Waals surface area contributed by atoms with Crippen molar-refractivity contribution >= 4 is 24.5 Å². The summed E-state index contributed by atoms with van der Waals surface area (Å²) in [7, 11) is 0. The number of benzene rings is 2. The predicted octanol–water partition coefficient (Wildman–Crippen LogP) is 3.56. The lowest BCUT2D eigenvalue weighted by Crippen LogP contribution is -2.46. The number of nitrogens with one attached hydrogen (secondary N) is 1. The summed E-state index contributed by atoms with van der Waals surface area (Å²) in [6, 6.07) is 15.0. The molecule has 5 heteroatoms. The molecular formula is C21H23NO3S. The number of amides is 1. The second-order valence-electron chi connectivity index (χ2n) is 7.38. The van der Waals surface area contributed by atoms with Crippen LogP contribution >= 0.6 is 12.6 Å². The van der Waals surface area contributed by atoms with E-state index in [2.05, 4.69) is 17.9 Å². The standard InChI is InChI=1S/C21H23NO3S/c1-21(2,3)25-20(24)17(12-26)22-19(23)18-15-10-6-4-8-13(15)14-9-5-7-11-16(14)18/h4-11,17-18,26H,12H2,1-3H3,(H,22,23)/t17-/m1/s1. The molecule has 2 aromatic carbocycles. The van der Waals surface area contributed by atoms with Crippen LogP contribution in [-0.4, -0.2) is 29.3 Å². The number of thiol groups is 1. The summed E-state index contributed by atoms with van der Waals surface area (Å²) in [5.74, 6) is -0.948. The fourth-order valence-electron chi connectivity index (χ4n) is 3.25. The molecule has 2 aromatic rings. The molecule has 0 saturated carbocycles. The molecule has 0 spiro atoms. The van der Waals surface area contributed by atoms with E-state index in [0.29, 0.717) is 0 Å². The lowest BCUT2D eigenvalue weighted by Gasteiger charge is -2.25. The van der Waals surface area contributed by atoms with Gasteiger partial charge in [0.1, 0.15) is 11.6 Å². The van der Waals surface area contributed by atoms with Crippen molar-refractivity contribution in [3.63, 3.8) is 0 Å². The average molecular weight is 369 g/mol. The molecule has 0 fully saturated rings. The molecule has 3 rings (SSSR count). The molecule has 0 bridgehead atoms. The highest BCUT2D eigenvalue weighted by Gasteiger charge is 2.35. The Morgan fingerprint density at radius 3 is 2.00 bits per heavy atom. The van der Waals surface area contributed by atoms with E-state index in [1.807, 2.05) is 48.5 Å². The van der Waals surface area contributed by atoms with Gasteiger partial charge in [0, 0.05) is 5.75 Å². The van der Waals surface area contributed by atoms with Crippen molar-refractivity contribution in [3.05, 3.63) is 59.7 Å². The minimum atomic E-state index is -0.787. The van der Waals surface area contributed by atoms with E-state index in [1.165, 1.54) is 0 Å². The number of ether oxygens (including phenoxy) is 1. The highest BCUT2D eigenvalue weighted by atomic mass is 32.1. The second-order valence-corrected chi connectivity index (χ2v) is 7.75. The van der Waals surface area contributed by atoms with Gasteiger partial charge < -0.3 is 10.1 Å². The molecular weight excluding hydrogens is 346 g/mol. The van der Waals surface area contributed by atoms with Crippen LogP contribution in [0.4, 0.5) is 0 Å². The number of hydrogen-bond donors (Lipinski definition) is 2. The highest BCUT2D eigenvalue weighted by Crippen LogP contribution is 2.44. The van der Waals surface area contributed by atoms with Gasteiger partial charge in [-0.05, 0) is 43.0 Å². The van der Waals surface area contributed by atoms with E-state index in [1.54, 1.807) is 20.8 Å². The summed E-state index contributed by atoms with van der Waals surface area (Å²) in [5.41, 5.74) is 3.41. The van der Waals surface area contributed by atoms with Crippen LogP contribution in [-0.2, 0) is 14.3 Å². The van der Waals surface area contributed by atoms with Gasteiger partial charge in [-0.2, -0.15) is 12.6 Å². The van der Waals surface area contributed by atoms with Crippen molar-refractivity contribution in [1.29, 1.82) is 0 Å². The summed E-state index contributed by atoms with van der Waals surface area (Å²) in [4.78, 5) is 25.4. The normalized spacial score (nSPS) is 14.3. The molecule has 0 aliphatic heterocycles. The third-order valence-electron chi connectivity index (χ3n) is 4.29. The molecule has 0 unspecified atom stereocenters. The zero-order valence-electron chi connectivity index (χ0n) is 15.2. The lowest BCUT2D eigenvalue weighted by molar-refractivity contribution is -0.157. The highest BCUT2D eigenvalue weighted by molar-refractivity contribution is 7.80. The molecule has 0 saturated heterocycles. The quantitative estimate of drug-likeness (QED) is 0.640. The number of carbonyl (C=O) groups excluding carboxylic acids is 2. The smallest absolute Gasteiger partial charge is 0.330 e. The average Bonchev–Trinajstić information content (AvgIpc) is 2.92. The molecule has 0 heterocycles. The van der Waals surface area contributed by atoms with E-state index < -0.39 is 23.5 Å². The van der Waals surface area contributed by atoms with Gasteiger partial charge in [-0.25, -0.2) is 4.79 Å². The number of esters is 1. The first kappa shape index (κ1) is 18.5. The number of rotatable bonds is 4. The van der Waals surface area contributed by atoms with Crippen molar-refractivity contribution in [1.82, 2.24) is 5.32 Å². The Bertz CT molecular complexity index is 796. The molecule has 1 aliphatic rings. The van der Waals surface area contributed by atoms with Crippen LogP contribution in [0.25, 0.3) is 11.1 Å². The fourth-order valence-corrected chi connectivity index (χ4v) is 3.49. The largest absolute Gasteiger partial charge is 0.458 e. The van der Waals surface area contributed by atoms with Gasteiger partial charge in [0.2, 0.25) is 5.91 Å². The predicted molar refractivity (Wildman–Crippen MR) is 105 cm³/mol. The van der Waals surface area contributed by atoms with Gasteiger partial charge in [-0.3, -0.25) is 4.79 Å². The Hall–Kier alpha value is -2.27. The number of hydrogen-bond acceptors (Lipinski definition) is 4. The Balaban J connectivity index is 1.87. The van der Waals surface area contributed by atoms with Crippen molar-refractivity contribution in [2.24, 2.45) is 0 Å². The van der Waals surface area contributed by atoms with Gasteiger partial charge in [0.05, 0.1) is 5.92 Å². The van der Waals surface area contributed by atoms with Crippen LogP contribution in [0.3, 0.4) is 0 Å². The first-order valence-corrected chi connectivity index (χ1v) is 9.27. The Morgan fingerprint density at radius 2 is 1.54 bits per heavy atom. The van der Waals surface area contributed by atoms with Crippen LogP contribution in [0.1, 0.15) is 37.8 Å². The van der Waals surface area contributed by atoms with Gasteiger partial charge in [0.15, 0.2) is 0 Å². The molecule has 1 N–H and O–H groups in total. The fraction of sp³-hybridized carbons (Fsp3) is 0.333. The van der Waals surface area contributed by atoms with Gasteiger partial charge in [0.25, 0.3) is 0 Å². The van der Waals surface area contributed by atoms with Crippen LogP contribution < -0.4 is 5.32 Å². The zero-order valence-corrected chi connectivity index (χ0v) is 16.0. The lowest BCUT2D eigenvalue weighted by atomic mass is 9.96. The van der Waals surface area contributed by atoms with Gasteiger partial charge in [-0.15, -0.1) is 0 Å². The number of fused-ring (bicyclic) bond motifs is 3. The molecule has 1 atom stereocenters. The monoisotopic (exact) mass is 369 g/mol. The Morgan fingerprint density at radius 1 is 1.04 bits per heavy atom. The Labute approximate surface area is 159 Å². The number of carbonyl (C=O) groups is 2. The Kier molecular flexibility index (Phi) is 5.10. The van der Waals surface area contributed by atoms with Crippen LogP contribution in [0, 0.1) is 0 Å². The topological polar surface area (TPSA) is 55.4 Å². The molecule has 1 amide bonds. The summed E-state index contributed by atoms with van der Waals surface area (Å²) < 4.78 is 5.39. The van der Waals surface area contributed by atoms with E-state index in [0.717, 1.165) is 22.3 Å². The van der Waals surface area contributed by atoms with Crippen molar-refractivity contribution in [2.45, 2.75) is 38.3 Å². The minimum absolute atomic E-state index is 0.177. The summed E-state index contributed by atoms with van der Waals surface area (Å²) in [5, 5.41) is 2.82. The molecule has 136 valence electrons. The maximum atomic E-state index is 13.1. The molecule has 0 aromatic heterocycles.